The molecule has 0 aliphatic heterocycles. The van der Waals surface area contributed by atoms with E-state index in [1.807, 2.05) is 22.7 Å². The fourth-order valence-corrected chi connectivity index (χ4v) is 11.1. The number of para-hydroxylation sites is 3. The molecule has 0 saturated carbocycles. The first kappa shape index (κ1) is 33.9. The molecule has 59 heavy (non-hydrogen) atoms. The Morgan fingerprint density at radius 3 is 1.12 bits per heavy atom. The normalized spacial score (nSPS) is 11.7. The van der Waals surface area contributed by atoms with Crippen molar-refractivity contribution in [2.45, 2.75) is 0 Å². The van der Waals surface area contributed by atoms with Crippen molar-refractivity contribution in [1.29, 1.82) is 0 Å². The third-order valence-corrected chi connectivity index (χ3v) is 13.8. The first-order valence-corrected chi connectivity index (χ1v) is 21.6. The van der Waals surface area contributed by atoms with Crippen LogP contribution in [0.25, 0.3) is 67.8 Å². The van der Waals surface area contributed by atoms with Crippen molar-refractivity contribution in [1.82, 2.24) is 4.57 Å². The first-order chi connectivity index (χ1) is 29.2. The Bertz CT molecular complexity index is 3300. The largest absolute Gasteiger partial charge is 0.310 e. The minimum Gasteiger partial charge on any atom is -0.310 e. The third kappa shape index (κ3) is 5.62. The van der Waals surface area contributed by atoms with Crippen LogP contribution in [-0.4, -0.2) is 4.57 Å². The van der Waals surface area contributed by atoms with Gasteiger partial charge >= 0.3 is 0 Å². The molecule has 278 valence electrons. The summed E-state index contributed by atoms with van der Waals surface area (Å²) >= 11 is 3.71. The summed E-state index contributed by atoms with van der Waals surface area (Å²) in [5.41, 5.74) is 10.1. The van der Waals surface area contributed by atoms with Gasteiger partial charge in [0, 0.05) is 90.9 Å². The van der Waals surface area contributed by atoms with E-state index in [9.17, 15) is 0 Å². The van der Waals surface area contributed by atoms with Crippen molar-refractivity contribution in [2.24, 2.45) is 0 Å². The van der Waals surface area contributed by atoms with E-state index in [1.165, 1.54) is 51.1 Å². The van der Waals surface area contributed by atoms with E-state index in [4.69, 9.17) is 0 Å². The van der Waals surface area contributed by atoms with Gasteiger partial charge in [-0.05, 0) is 109 Å². The molecule has 0 aliphatic rings. The first-order valence-electron chi connectivity index (χ1n) is 19.9. The maximum atomic E-state index is 2.44. The number of aromatic nitrogens is 1. The maximum absolute atomic E-state index is 2.44. The van der Waals surface area contributed by atoms with Crippen LogP contribution in [0.15, 0.2) is 212 Å². The van der Waals surface area contributed by atoms with Crippen LogP contribution in [0.1, 0.15) is 0 Å². The number of benzene rings is 9. The lowest BCUT2D eigenvalue weighted by atomic mass is 10.1. The highest BCUT2D eigenvalue weighted by Crippen LogP contribution is 2.45. The molecule has 3 aromatic heterocycles. The highest BCUT2D eigenvalue weighted by molar-refractivity contribution is 7.26. The Labute approximate surface area is 349 Å². The van der Waals surface area contributed by atoms with Crippen LogP contribution in [0.3, 0.4) is 0 Å². The molecule has 0 radical (unpaired) electrons. The minimum atomic E-state index is 1.10. The number of rotatable bonds is 7. The van der Waals surface area contributed by atoms with Gasteiger partial charge in [0.2, 0.25) is 0 Å². The van der Waals surface area contributed by atoms with Crippen molar-refractivity contribution < 1.29 is 0 Å². The van der Waals surface area contributed by atoms with E-state index in [1.54, 1.807) is 0 Å². The van der Waals surface area contributed by atoms with E-state index in [2.05, 4.69) is 227 Å². The monoisotopic (exact) mass is 789 g/mol. The molecule has 0 saturated heterocycles. The molecule has 0 N–H and O–H groups in total. The summed E-state index contributed by atoms with van der Waals surface area (Å²) < 4.78 is 7.66. The SMILES string of the molecule is c1ccc(N(c2ccc3sc4ccccc4c3c2)c2ccc3c4ccc(N(c5ccccc5)c5ccc6sc7ccccc7c6c5)cc4n(-c4ccccc4)c3c2)cc1. The summed E-state index contributed by atoms with van der Waals surface area (Å²) in [6.45, 7) is 0. The zero-order valence-corrected chi connectivity index (χ0v) is 33.5. The molecule has 0 unspecified atom stereocenters. The van der Waals surface area contributed by atoms with Crippen LogP contribution in [0.4, 0.5) is 34.1 Å². The summed E-state index contributed by atoms with van der Waals surface area (Å²) in [6.07, 6.45) is 0. The van der Waals surface area contributed by atoms with Gasteiger partial charge in [-0.3, -0.25) is 0 Å². The molecule has 12 aromatic rings. The summed E-state index contributed by atoms with van der Waals surface area (Å²) in [6, 6.07) is 77.5. The second-order valence-corrected chi connectivity index (χ2v) is 17.1. The zero-order chi connectivity index (χ0) is 38.9. The molecule has 0 bridgehead atoms. The molecule has 5 heteroatoms. The average Bonchev–Trinajstić information content (AvgIpc) is 3.96. The van der Waals surface area contributed by atoms with Gasteiger partial charge in [0.1, 0.15) is 0 Å². The van der Waals surface area contributed by atoms with Gasteiger partial charge in [-0.1, -0.05) is 103 Å². The quantitative estimate of drug-likeness (QED) is 0.159. The van der Waals surface area contributed by atoms with Crippen molar-refractivity contribution in [3.05, 3.63) is 212 Å². The van der Waals surface area contributed by atoms with E-state index in [-0.39, 0.29) is 0 Å². The second kappa shape index (κ2) is 13.7. The van der Waals surface area contributed by atoms with E-state index in [0.29, 0.717) is 0 Å². The highest BCUT2D eigenvalue weighted by atomic mass is 32.1. The van der Waals surface area contributed by atoms with Gasteiger partial charge < -0.3 is 14.4 Å². The fraction of sp³-hybridized carbons (Fsp3) is 0. The highest BCUT2D eigenvalue weighted by Gasteiger charge is 2.21. The standard InChI is InChI=1S/C54H35N3S2/c1-4-14-36(15-5-1)55(39-26-30-53-47(32-39)45-20-10-12-22-51(45)58-53)41-24-28-43-44-29-25-42(35-50(44)57(49(43)34-41)38-18-8-3-9-19-38)56(37-16-6-2-7-17-37)40-27-31-54-48(33-40)46-21-11-13-23-52(46)59-54/h1-35H. The molecule has 0 fully saturated rings. The molecule has 3 nitrogen and oxygen atoms in total. The van der Waals surface area contributed by atoms with Gasteiger partial charge in [-0.15, -0.1) is 22.7 Å². The predicted octanol–water partition coefficient (Wildman–Crippen LogP) is 16.5. The second-order valence-electron chi connectivity index (χ2n) is 15.0. The number of thiophene rings is 2. The average molecular weight is 790 g/mol. The van der Waals surface area contributed by atoms with Gasteiger partial charge in [0.15, 0.2) is 0 Å². The molecule has 9 aromatic carbocycles. The summed E-state index contributed by atoms with van der Waals surface area (Å²) in [7, 11) is 0. The number of fused-ring (bicyclic) bond motifs is 9. The van der Waals surface area contributed by atoms with E-state index < -0.39 is 0 Å². The van der Waals surface area contributed by atoms with Gasteiger partial charge in [-0.2, -0.15) is 0 Å². The summed E-state index contributed by atoms with van der Waals surface area (Å²) in [4.78, 5) is 4.79. The molecule has 0 aliphatic carbocycles. The van der Waals surface area contributed by atoms with Crippen molar-refractivity contribution in [2.75, 3.05) is 9.80 Å². The molecule has 0 spiro atoms. The smallest absolute Gasteiger partial charge is 0.0561 e. The topological polar surface area (TPSA) is 11.4 Å². The van der Waals surface area contributed by atoms with E-state index in [0.717, 1.165) is 50.8 Å². The molecular formula is C54H35N3S2. The maximum Gasteiger partial charge on any atom is 0.0561 e. The van der Waals surface area contributed by atoms with Gasteiger partial charge in [0.25, 0.3) is 0 Å². The Morgan fingerprint density at radius 1 is 0.271 bits per heavy atom. The number of hydrogen-bond acceptors (Lipinski definition) is 4. The molecule has 12 rings (SSSR count). The Kier molecular flexibility index (Phi) is 7.90. The Morgan fingerprint density at radius 2 is 0.644 bits per heavy atom. The zero-order valence-electron chi connectivity index (χ0n) is 31.9. The number of anilines is 6. The van der Waals surface area contributed by atoms with E-state index >= 15 is 0 Å². The fourth-order valence-electron chi connectivity index (χ4n) is 8.88. The van der Waals surface area contributed by atoms with Crippen LogP contribution in [0, 0.1) is 0 Å². The third-order valence-electron chi connectivity index (χ3n) is 11.5. The number of hydrogen-bond donors (Lipinski definition) is 0. The van der Waals surface area contributed by atoms with Crippen molar-refractivity contribution in [3.63, 3.8) is 0 Å². The van der Waals surface area contributed by atoms with Crippen LogP contribution in [0.5, 0.6) is 0 Å². The minimum absolute atomic E-state index is 1.10. The Balaban J connectivity index is 1.07. The van der Waals surface area contributed by atoms with Crippen LogP contribution < -0.4 is 9.80 Å². The molecule has 0 amide bonds. The predicted molar refractivity (Wildman–Crippen MR) is 256 cm³/mol. The van der Waals surface area contributed by atoms with Crippen molar-refractivity contribution >= 4 is 119 Å². The molecule has 3 heterocycles. The molecular weight excluding hydrogens is 755 g/mol. The molecule has 0 atom stereocenters. The Hall–Kier alpha value is -7.18. The summed E-state index contributed by atoms with van der Waals surface area (Å²) in [5, 5.41) is 7.58. The summed E-state index contributed by atoms with van der Waals surface area (Å²) in [5.74, 6) is 0. The lowest BCUT2D eigenvalue weighted by Crippen LogP contribution is -2.10. The van der Waals surface area contributed by atoms with Crippen LogP contribution in [0.2, 0.25) is 0 Å². The van der Waals surface area contributed by atoms with Crippen LogP contribution in [-0.2, 0) is 0 Å². The lowest BCUT2D eigenvalue weighted by molar-refractivity contribution is 1.17. The van der Waals surface area contributed by atoms with Gasteiger partial charge in [-0.25, -0.2) is 0 Å². The lowest BCUT2D eigenvalue weighted by Gasteiger charge is -2.26. The van der Waals surface area contributed by atoms with Crippen molar-refractivity contribution in [3.8, 4) is 5.69 Å². The number of nitrogens with zero attached hydrogens (tertiary/aromatic N) is 3. The van der Waals surface area contributed by atoms with Gasteiger partial charge in [0.05, 0.1) is 11.0 Å². The van der Waals surface area contributed by atoms with Crippen LogP contribution >= 0.6 is 22.7 Å².